The van der Waals surface area contributed by atoms with Crippen molar-refractivity contribution in [3.63, 3.8) is 0 Å². The Kier molecular flexibility index (Phi) is 6.35. The van der Waals surface area contributed by atoms with E-state index >= 15 is 0 Å². The molecule has 4 heteroatoms. The van der Waals surface area contributed by atoms with Crippen molar-refractivity contribution in [2.24, 2.45) is 0 Å². The second-order valence-corrected chi connectivity index (χ2v) is 7.44. The van der Waals surface area contributed by atoms with Crippen LogP contribution in [0.2, 0.25) is 5.02 Å². The maximum atomic E-state index is 9.57. The number of likely N-dealkylation sites (tertiary alicyclic amines) is 1. The maximum Gasteiger partial charge on any atom is 0.134 e. The summed E-state index contributed by atoms with van der Waals surface area (Å²) < 4.78 is 0. The van der Waals surface area contributed by atoms with Crippen molar-refractivity contribution in [3.05, 3.63) is 64.7 Å². The van der Waals surface area contributed by atoms with E-state index < -0.39 is 0 Å². The summed E-state index contributed by atoms with van der Waals surface area (Å²) in [5, 5.41) is 10.0. The molecule has 0 saturated carbocycles. The highest BCUT2D eigenvalue weighted by Crippen LogP contribution is 2.25. The summed E-state index contributed by atoms with van der Waals surface area (Å²) in [5.41, 5.74) is 2.57. The summed E-state index contributed by atoms with van der Waals surface area (Å²) in [6, 6.07) is 16.8. The van der Waals surface area contributed by atoms with Gasteiger partial charge in [-0.1, -0.05) is 48.0 Å². The first kappa shape index (κ1) is 18.2. The minimum absolute atomic E-state index is 0.155. The van der Waals surface area contributed by atoms with E-state index in [9.17, 15) is 5.11 Å². The molecule has 3 nitrogen and oxygen atoms in total. The van der Waals surface area contributed by atoms with Gasteiger partial charge in [-0.05, 0) is 56.1 Å². The Bertz CT molecular complexity index is 677. The number of nitrogens with zero attached hydrogens (tertiary/aromatic N) is 2. The van der Waals surface area contributed by atoms with E-state index in [-0.39, 0.29) is 5.75 Å². The fourth-order valence-corrected chi connectivity index (χ4v) is 3.78. The third kappa shape index (κ3) is 5.21. The van der Waals surface area contributed by atoms with Crippen molar-refractivity contribution >= 4 is 11.6 Å². The first-order chi connectivity index (χ1) is 12.1. The van der Waals surface area contributed by atoms with Crippen molar-refractivity contribution in [2.45, 2.75) is 31.8 Å². The Morgan fingerprint density at radius 2 is 1.96 bits per heavy atom. The van der Waals surface area contributed by atoms with E-state index in [0.29, 0.717) is 11.1 Å². The SMILES string of the molecule is CN(CCc1ccccc1)C1CCCN(Cc2ccc(O)c(Cl)c2)C1. The van der Waals surface area contributed by atoms with Gasteiger partial charge >= 0.3 is 0 Å². The number of piperidine rings is 1. The lowest BCUT2D eigenvalue weighted by Crippen LogP contribution is -2.46. The van der Waals surface area contributed by atoms with Crippen LogP contribution in [0.5, 0.6) is 5.75 Å². The van der Waals surface area contributed by atoms with Crippen LogP contribution in [0.3, 0.4) is 0 Å². The van der Waals surface area contributed by atoms with Crippen LogP contribution in [0.25, 0.3) is 0 Å². The van der Waals surface area contributed by atoms with Gasteiger partial charge in [0.05, 0.1) is 5.02 Å². The van der Waals surface area contributed by atoms with E-state index in [0.717, 1.165) is 38.2 Å². The Labute approximate surface area is 155 Å². The zero-order valence-electron chi connectivity index (χ0n) is 14.9. The molecule has 1 atom stereocenters. The maximum absolute atomic E-state index is 9.57. The molecule has 0 spiro atoms. The number of hydrogen-bond acceptors (Lipinski definition) is 3. The summed E-state index contributed by atoms with van der Waals surface area (Å²) >= 11 is 6.03. The first-order valence-electron chi connectivity index (χ1n) is 9.06. The topological polar surface area (TPSA) is 26.7 Å². The van der Waals surface area contributed by atoms with Crippen molar-refractivity contribution in [1.82, 2.24) is 9.80 Å². The number of halogens is 1. The number of rotatable bonds is 6. The van der Waals surface area contributed by atoms with Gasteiger partial charge in [-0.25, -0.2) is 0 Å². The average Bonchev–Trinajstić information content (AvgIpc) is 2.64. The largest absolute Gasteiger partial charge is 0.506 e. The lowest BCUT2D eigenvalue weighted by atomic mass is 10.0. The van der Waals surface area contributed by atoms with Crippen molar-refractivity contribution < 1.29 is 5.11 Å². The second-order valence-electron chi connectivity index (χ2n) is 7.03. The molecule has 1 saturated heterocycles. The standard InChI is InChI=1S/C21H27ClN2O/c1-23(13-11-17-6-3-2-4-7-17)19-8-5-12-24(16-19)15-18-9-10-21(25)20(22)14-18/h2-4,6-7,9-10,14,19,25H,5,8,11-13,15-16H2,1H3. The molecule has 0 aromatic heterocycles. The third-order valence-corrected chi connectivity index (χ3v) is 5.42. The summed E-state index contributed by atoms with van der Waals surface area (Å²) in [7, 11) is 2.24. The molecule has 0 radical (unpaired) electrons. The predicted octanol–water partition coefficient (Wildman–Crippen LogP) is 4.18. The second kappa shape index (κ2) is 8.70. The van der Waals surface area contributed by atoms with Gasteiger partial charge in [0.1, 0.15) is 5.75 Å². The molecule has 1 fully saturated rings. The highest BCUT2D eigenvalue weighted by Gasteiger charge is 2.23. The van der Waals surface area contributed by atoms with Crippen LogP contribution in [0.4, 0.5) is 0 Å². The minimum atomic E-state index is 0.155. The fraction of sp³-hybridized carbons (Fsp3) is 0.429. The van der Waals surface area contributed by atoms with Crippen LogP contribution in [-0.4, -0.2) is 47.6 Å². The molecule has 2 aromatic carbocycles. The zero-order valence-corrected chi connectivity index (χ0v) is 15.6. The van der Waals surface area contributed by atoms with Crippen LogP contribution >= 0.6 is 11.6 Å². The molecule has 1 N–H and O–H groups in total. The zero-order chi connectivity index (χ0) is 17.6. The summed E-state index contributed by atoms with van der Waals surface area (Å²) in [5.74, 6) is 0.155. The Balaban J connectivity index is 1.52. The van der Waals surface area contributed by atoms with Crippen LogP contribution in [0.15, 0.2) is 48.5 Å². The van der Waals surface area contributed by atoms with Crippen LogP contribution in [-0.2, 0) is 13.0 Å². The quantitative estimate of drug-likeness (QED) is 0.839. The van der Waals surface area contributed by atoms with Gasteiger partial charge in [-0.15, -0.1) is 0 Å². The molecule has 1 aliphatic heterocycles. The molecule has 3 rings (SSSR count). The Morgan fingerprint density at radius 1 is 1.16 bits per heavy atom. The fourth-order valence-electron chi connectivity index (χ4n) is 3.57. The number of phenolic OH excluding ortho intramolecular Hbond substituents is 1. The predicted molar refractivity (Wildman–Crippen MR) is 104 cm³/mol. The highest BCUT2D eigenvalue weighted by atomic mass is 35.5. The molecule has 1 heterocycles. The first-order valence-corrected chi connectivity index (χ1v) is 9.43. The van der Waals surface area contributed by atoms with E-state index in [4.69, 9.17) is 11.6 Å². The van der Waals surface area contributed by atoms with E-state index in [1.54, 1.807) is 6.07 Å². The lowest BCUT2D eigenvalue weighted by molar-refractivity contribution is 0.112. The molecule has 25 heavy (non-hydrogen) atoms. The normalized spacial score (nSPS) is 18.6. The monoisotopic (exact) mass is 358 g/mol. The van der Waals surface area contributed by atoms with Crippen LogP contribution in [0.1, 0.15) is 24.0 Å². The lowest BCUT2D eigenvalue weighted by Gasteiger charge is -2.37. The number of likely N-dealkylation sites (N-methyl/N-ethyl adjacent to an activating group) is 1. The van der Waals surface area contributed by atoms with Gasteiger partial charge in [0.25, 0.3) is 0 Å². The van der Waals surface area contributed by atoms with E-state index in [1.165, 1.54) is 18.4 Å². The van der Waals surface area contributed by atoms with Crippen LogP contribution < -0.4 is 0 Å². The number of phenols is 1. The summed E-state index contributed by atoms with van der Waals surface area (Å²) in [6.07, 6.45) is 3.59. The van der Waals surface area contributed by atoms with Gasteiger partial charge < -0.3 is 10.0 Å². The molecule has 2 aromatic rings. The average molecular weight is 359 g/mol. The van der Waals surface area contributed by atoms with E-state index in [2.05, 4.69) is 47.2 Å². The molecule has 1 aliphatic rings. The van der Waals surface area contributed by atoms with Crippen LogP contribution in [0, 0.1) is 0 Å². The van der Waals surface area contributed by atoms with Crippen molar-refractivity contribution in [1.29, 1.82) is 0 Å². The summed E-state index contributed by atoms with van der Waals surface area (Å²) in [6.45, 7) is 4.20. The molecular weight excluding hydrogens is 332 g/mol. The Hall–Kier alpha value is -1.55. The number of aromatic hydroxyl groups is 1. The number of benzene rings is 2. The van der Waals surface area contributed by atoms with Gasteiger partial charge in [0, 0.05) is 25.7 Å². The molecule has 0 aliphatic carbocycles. The van der Waals surface area contributed by atoms with Crippen molar-refractivity contribution in [3.8, 4) is 5.75 Å². The van der Waals surface area contributed by atoms with Crippen molar-refractivity contribution in [2.75, 3.05) is 26.7 Å². The molecule has 0 amide bonds. The molecule has 1 unspecified atom stereocenters. The van der Waals surface area contributed by atoms with Gasteiger partial charge in [0.15, 0.2) is 0 Å². The number of hydrogen-bond donors (Lipinski definition) is 1. The molecular formula is C21H27ClN2O. The van der Waals surface area contributed by atoms with Gasteiger partial charge in [0.2, 0.25) is 0 Å². The molecule has 0 bridgehead atoms. The smallest absolute Gasteiger partial charge is 0.134 e. The Morgan fingerprint density at radius 3 is 2.72 bits per heavy atom. The van der Waals surface area contributed by atoms with Gasteiger partial charge in [-0.3, -0.25) is 4.90 Å². The summed E-state index contributed by atoms with van der Waals surface area (Å²) in [4.78, 5) is 5.00. The van der Waals surface area contributed by atoms with Gasteiger partial charge in [-0.2, -0.15) is 0 Å². The third-order valence-electron chi connectivity index (χ3n) is 5.12. The highest BCUT2D eigenvalue weighted by molar-refractivity contribution is 6.32. The minimum Gasteiger partial charge on any atom is -0.506 e. The molecule has 134 valence electrons. The van der Waals surface area contributed by atoms with E-state index in [1.807, 2.05) is 12.1 Å².